The van der Waals surface area contributed by atoms with Crippen LogP contribution in [0.15, 0.2) is 6.07 Å². The summed E-state index contributed by atoms with van der Waals surface area (Å²) < 4.78 is 27.1. The van der Waals surface area contributed by atoms with Crippen molar-refractivity contribution in [2.24, 2.45) is 0 Å². The van der Waals surface area contributed by atoms with Crippen LogP contribution >= 0.6 is 0 Å². The molecule has 1 aromatic heterocycles. The first kappa shape index (κ1) is 15.7. The molecule has 1 aromatic rings. The van der Waals surface area contributed by atoms with E-state index in [4.69, 9.17) is 4.18 Å². The van der Waals surface area contributed by atoms with E-state index in [9.17, 15) is 13.2 Å². The maximum Gasteiger partial charge on any atom is 0.264 e. The molecule has 2 heterocycles. The molecule has 0 atom stereocenters. The number of nitrogens with zero attached hydrogens (tertiary/aromatic N) is 2. The van der Waals surface area contributed by atoms with Crippen LogP contribution < -0.4 is 10.2 Å². The highest BCUT2D eigenvalue weighted by atomic mass is 32.2. The molecular formula is C13H19N3O4S. The summed E-state index contributed by atoms with van der Waals surface area (Å²) >= 11 is 0. The van der Waals surface area contributed by atoms with Gasteiger partial charge in [-0.1, -0.05) is 0 Å². The van der Waals surface area contributed by atoms with Gasteiger partial charge in [0.25, 0.3) is 16.0 Å². The minimum absolute atomic E-state index is 0.171. The van der Waals surface area contributed by atoms with Crippen molar-refractivity contribution in [1.82, 2.24) is 10.3 Å². The SMILES string of the molecule is CC(C)N(C)c1cc2c(c(COS(C)(=O)=O)n1)CNC2=O. The average molecular weight is 313 g/mol. The molecule has 116 valence electrons. The van der Waals surface area contributed by atoms with Gasteiger partial charge < -0.3 is 10.2 Å². The molecule has 0 saturated heterocycles. The van der Waals surface area contributed by atoms with E-state index in [1.54, 1.807) is 6.07 Å². The van der Waals surface area contributed by atoms with Crippen molar-refractivity contribution < 1.29 is 17.4 Å². The third kappa shape index (κ3) is 3.51. The molecule has 0 bridgehead atoms. The van der Waals surface area contributed by atoms with E-state index < -0.39 is 10.1 Å². The van der Waals surface area contributed by atoms with E-state index in [1.807, 2.05) is 25.8 Å². The zero-order valence-electron chi connectivity index (χ0n) is 12.5. The summed E-state index contributed by atoms with van der Waals surface area (Å²) in [5, 5.41) is 2.72. The first-order valence-electron chi connectivity index (χ1n) is 6.57. The molecule has 1 amide bonds. The van der Waals surface area contributed by atoms with Crippen LogP contribution in [0, 0.1) is 0 Å². The van der Waals surface area contributed by atoms with Gasteiger partial charge in [0.15, 0.2) is 0 Å². The third-order valence-electron chi connectivity index (χ3n) is 3.41. The molecular weight excluding hydrogens is 294 g/mol. The highest BCUT2D eigenvalue weighted by molar-refractivity contribution is 7.85. The van der Waals surface area contributed by atoms with E-state index in [1.165, 1.54) is 0 Å². The number of carbonyl (C=O) groups is 1. The predicted molar refractivity (Wildman–Crippen MR) is 78.6 cm³/mol. The second-order valence-corrected chi connectivity index (χ2v) is 6.95. The van der Waals surface area contributed by atoms with Gasteiger partial charge in [0.1, 0.15) is 12.4 Å². The van der Waals surface area contributed by atoms with Crippen LogP contribution in [0.3, 0.4) is 0 Å². The van der Waals surface area contributed by atoms with E-state index >= 15 is 0 Å². The van der Waals surface area contributed by atoms with Crippen LogP contribution in [0.2, 0.25) is 0 Å². The largest absolute Gasteiger partial charge is 0.357 e. The number of aromatic nitrogens is 1. The molecule has 1 aliphatic heterocycles. The van der Waals surface area contributed by atoms with E-state index in [0.717, 1.165) is 6.26 Å². The van der Waals surface area contributed by atoms with Crippen LogP contribution in [-0.2, 0) is 27.5 Å². The first-order chi connectivity index (χ1) is 9.69. The maximum atomic E-state index is 11.8. The van der Waals surface area contributed by atoms with Crippen LogP contribution in [0.5, 0.6) is 0 Å². The molecule has 0 saturated carbocycles. The average Bonchev–Trinajstić information content (AvgIpc) is 2.76. The van der Waals surface area contributed by atoms with Crippen molar-refractivity contribution in [3.8, 4) is 0 Å². The number of anilines is 1. The first-order valence-corrected chi connectivity index (χ1v) is 8.39. The molecule has 2 rings (SSSR count). The Morgan fingerprint density at radius 1 is 1.48 bits per heavy atom. The van der Waals surface area contributed by atoms with Crippen LogP contribution in [0.1, 0.15) is 35.5 Å². The number of nitrogens with one attached hydrogen (secondary N) is 1. The summed E-state index contributed by atoms with van der Waals surface area (Å²) in [6, 6.07) is 1.92. The lowest BCUT2D eigenvalue weighted by atomic mass is 10.1. The molecule has 0 radical (unpaired) electrons. The van der Waals surface area contributed by atoms with Crippen molar-refractivity contribution in [2.75, 3.05) is 18.2 Å². The standard InChI is InChI=1S/C13H19N3O4S/c1-8(2)16(3)12-5-9-10(6-14-13(9)17)11(15-12)7-20-21(4,18)19/h5,8H,6-7H2,1-4H3,(H,14,17). The number of pyridine rings is 1. The van der Waals surface area contributed by atoms with Gasteiger partial charge in [-0.25, -0.2) is 4.98 Å². The Morgan fingerprint density at radius 3 is 2.71 bits per heavy atom. The van der Waals surface area contributed by atoms with Gasteiger partial charge >= 0.3 is 0 Å². The number of fused-ring (bicyclic) bond motifs is 1. The van der Waals surface area contributed by atoms with E-state index in [0.29, 0.717) is 29.2 Å². The van der Waals surface area contributed by atoms with Crippen molar-refractivity contribution in [1.29, 1.82) is 0 Å². The Labute approximate surface area is 124 Å². The molecule has 1 aliphatic rings. The summed E-state index contributed by atoms with van der Waals surface area (Å²) in [7, 11) is -1.69. The molecule has 1 N–H and O–H groups in total. The van der Waals surface area contributed by atoms with Crippen molar-refractivity contribution in [2.45, 2.75) is 33.0 Å². The van der Waals surface area contributed by atoms with Gasteiger partial charge in [-0.05, 0) is 19.9 Å². The highest BCUT2D eigenvalue weighted by Crippen LogP contribution is 2.25. The third-order valence-corrected chi connectivity index (χ3v) is 3.96. The number of rotatable bonds is 5. The fourth-order valence-electron chi connectivity index (χ4n) is 2.00. The van der Waals surface area contributed by atoms with Gasteiger partial charge in [0.2, 0.25) is 0 Å². The molecule has 21 heavy (non-hydrogen) atoms. The van der Waals surface area contributed by atoms with Crippen LogP contribution in [0.4, 0.5) is 5.82 Å². The van der Waals surface area contributed by atoms with Gasteiger partial charge in [-0.15, -0.1) is 0 Å². The van der Waals surface area contributed by atoms with Gasteiger partial charge in [0.05, 0.1) is 11.9 Å². The minimum Gasteiger partial charge on any atom is -0.357 e. The summed E-state index contributed by atoms with van der Waals surface area (Å²) in [6.45, 7) is 4.18. The lowest BCUT2D eigenvalue weighted by molar-refractivity contribution is 0.0965. The van der Waals surface area contributed by atoms with Gasteiger partial charge in [-0.3, -0.25) is 8.98 Å². The van der Waals surface area contributed by atoms with E-state index in [-0.39, 0.29) is 18.6 Å². The zero-order chi connectivity index (χ0) is 15.8. The second kappa shape index (κ2) is 5.61. The molecule has 0 aromatic carbocycles. The minimum atomic E-state index is -3.56. The van der Waals surface area contributed by atoms with E-state index in [2.05, 4.69) is 10.3 Å². The summed E-state index contributed by atoms with van der Waals surface area (Å²) in [5.74, 6) is 0.444. The smallest absolute Gasteiger partial charge is 0.264 e. The monoisotopic (exact) mass is 313 g/mol. The fraction of sp³-hybridized carbons (Fsp3) is 0.538. The summed E-state index contributed by atoms with van der Waals surface area (Å²) in [6.07, 6.45) is 0.987. The van der Waals surface area contributed by atoms with Crippen LogP contribution in [0.25, 0.3) is 0 Å². The Bertz CT molecular complexity index is 670. The van der Waals surface area contributed by atoms with Crippen molar-refractivity contribution >= 4 is 21.8 Å². The highest BCUT2D eigenvalue weighted by Gasteiger charge is 2.25. The molecule has 0 aliphatic carbocycles. The normalized spacial score (nSPS) is 14.2. The Balaban J connectivity index is 2.43. The maximum absolute atomic E-state index is 11.8. The Hall–Kier alpha value is -1.67. The summed E-state index contributed by atoms with van der Waals surface area (Å²) in [4.78, 5) is 18.2. The number of hydrogen-bond acceptors (Lipinski definition) is 6. The lowest BCUT2D eigenvalue weighted by Gasteiger charge is -2.23. The van der Waals surface area contributed by atoms with Gasteiger partial charge in [0, 0.05) is 30.8 Å². The van der Waals surface area contributed by atoms with Gasteiger partial charge in [-0.2, -0.15) is 8.42 Å². The zero-order valence-corrected chi connectivity index (χ0v) is 13.3. The topological polar surface area (TPSA) is 88.6 Å². The number of amides is 1. The predicted octanol–water partition coefficient (Wildman–Crippen LogP) is 0.646. The molecule has 0 fully saturated rings. The second-order valence-electron chi connectivity index (χ2n) is 5.31. The molecule has 0 unspecified atom stereocenters. The summed E-state index contributed by atoms with van der Waals surface area (Å²) in [5.41, 5.74) is 1.70. The van der Waals surface area contributed by atoms with Crippen molar-refractivity contribution in [3.63, 3.8) is 0 Å². The van der Waals surface area contributed by atoms with Crippen molar-refractivity contribution in [3.05, 3.63) is 22.9 Å². The fourth-order valence-corrected chi connectivity index (χ4v) is 2.33. The van der Waals surface area contributed by atoms with Crippen LogP contribution in [-0.4, -0.2) is 38.7 Å². The number of hydrogen-bond donors (Lipinski definition) is 1. The Morgan fingerprint density at radius 2 is 2.14 bits per heavy atom. The Kier molecular flexibility index (Phi) is 4.20. The molecule has 8 heteroatoms. The molecule has 0 spiro atoms. The molecule has 7 nitrogen and oxygen atoms in total. The lowest BCUT2D eigenvalue weighted by Crippen LogP contribution is -2.27. The quantitative estimate of drug-likeness (QED) is 0.803. The number of carbonyl (C=O) groups excluding carboxylic acids is 1.